The number of hydrogen-bond acceptors (Lipinski definition) is 6. The Morgan fingerprint density at radius 1 is 1.02 bits per heavy atom. The van der Waals surface area contributed by atoms with Gasteiger partial charge in [0, 0.05) is 54.0 Å². The molecule has 1 aliphatic carbocycles. The number of anilines is 2. The maximum Gasteiger partial charge on any atom is 0.227 e. The van der Waals surface area contributed by atoms with Gasteiger partial charge in [0.1, 0.15) is 17.0 Å². The Labute approximate surface area is 230 Å². The molecular formula is C30H31FN8O. The third kappa shape index (κ3) is 4.57. The molecule has 40 heavy (non-hydrogen) atoms. The summed E-state index contributed by atoms with van der Waals surface area (Å²) >= 11 is 0. The van der Waals surface area contributed by atoms with Gasteiger partial charge in [-0.05, 0) is 50.3 Å². The molecule has 2 fully saturated rings. The third-order valence-corrected chi connectivity index (χ3v) is 8.23. The molecule has 1 saturated heterocycles. The number of fused-ring (bicyclic) bond motifs is 2. The normalized spacial score (nSPS) is 16.6. The monoisotopic (exact) mass is 538 g/mol. The van der Waals surface area contributed by atoms with Crippen molar-refractivity contribution in [3.05, 3.63) is 48.7 Å². The molecule has 3 N–H and O–H groups in total. The number of hydrogen-bond donors (Lipinski definition) is 3. The lowest BCUT2D eigenvalue weighted by molar-refractivity contribution is -0.120. The Morgan fingerprint density at radius 2 is 1.85 bits per heavy atom. The van der Waals surface area contributed by atoms with Crippen molar-refractivity contribution in [2.45, 2.75) is 51.4 Å². The summed E-state index contributed by atoms with van der Waals surface area (Å²) in [6, 6.07) is 7.00. The number of nitrogens with one attached hydrogen (secondary N) is 3. The number of aromatic nitrogens is 6. The highest BCUT2D eigenvalue weighted by molar-refractivity contribution is 5.97. The first-order valence-electron chi connectivity index (χ1n) is 14.2. The van der Waals surface area contributed by atoms with E-state index in [1.165, 1.54) is 31.7 Å². The minimum absolute atomic E-state index is 0.00844. The number of nitrogens with zero attached hydrogens (tertiary/aromatic N) is 5. The summed E-state index contributed by atoms with van der Waals surface area (Å²) in [4.78, 5) is 32.1. The van der Waals surface area contributed by atoms with Crippen molar-refractivity contribution in [1.29, 1.82) is 0 Å². The molecule has 204 valence electrons. The van der Waals surface area contributed by atoms with Gasteiger partial charge in [-0.15, -0.1) is 0 Å². The highest BCUT2D eigenvalue weighted by atomic mass is 19.1. The lowest BCUT2D eigenvalue weighted by Gasteiger charge is -2.28. The average molecular weight is 539 g/mol. The van der Waals surface area contributed by atoms with E-state index in [4.69, 9.17) is 4.98 Å². The van der Waals surface area contributed by atoms with Crippen LogP contribution >= 0.6 is 0 Å². The minimum Gasteiger partial charge on any atom is -0.370 e. The molecule has 0 bridgehead atoms. The summed E-state index contributed by atoms with van der Waals surface area (Å²) in [6.07, 6.45) is 13.7. The maximum absolute atomic E-state index is 15.3. The van der Waals surface area contributed by atoms with Gasteiger partial charge in [0.2, 0.25) is 5.91 Å². The van der Waals surface area contributed by atoms with E-state index in [9.17, 15) is 4.79 Å². The van der Waals surface area contributed by atoms with Crippen molar-refractivity contribution in [1.82, 2.24) is 30.1 Å². The molecule has 1 saturated carbocycles. The van der Waals surface area contributed by atoms with E-state index in [1.807, 2.05) is 6.07 Å². The summed E-state index contributed by atoms with van der Waals surface area (Å²) in [7, 11) is 0. The van der Waals surface area contributed by atoms with Crippen LogP contribution in [0.1, 0.15) is 51.4 Å². The fourth-order valence-corrected chi connectivity index (χ4v) is 6.11. The molecule has 10 heteroatoms. The zero-order chi connectivity index (χ0) is 27.1. The largest absolute Gasteiger partial charge is 0.370 e. The second kappa shape index (κ2) is 10.3. The summed E-state index contributed by atoms with van der Waals surface area (Å²) in [5.74, 6) is 0.197. The molecule has 1 amide bonds. The molecule has 1 aliphatic heterocycles. The van der Waals surface area contributed by atoms with Gasteiger partial charge >= 0.3 is 0 Å². The second-order valence-corrected chi connectivity index (χ2v) is 10.9. The first kappa shape index (κ1) is 24.7. The Kier molecular flexibility index (Phi) is 6.37. The Bertz CT molecular complexity index is 1700. The van der Waals surface area contributed by atoms with E-state index in [0.717, 1.165) is 55.4 Å². The van der Waals surface area contributed by atoms with Crippen LogP contribution in [0, 0.1) is 11.7 Å². The molecule has 1 aromatic carbocycles. The quantitative estimate of drug-likeness (QED) is 0.245. The zero-order valence-electron chi connectivity index (χ0n) is 22.2. The number of halogens is 1. The molecule has 0 atom stereocenters. The zero-order valence-corrected chi connectivity index (χ0v) is 22.2. The predicted octanol–water partition coefficient (Wildman–Crippen LogP) is 6.21. The summed E-state index contributed by atoms with van der Waals surface area (Å²) in [5, 5.41) is 11.2. The van der Waals surface area contributed by atoms with Crippen LogP contribution in [0.5, 0.6) is 0 Å². The molecule has 2 aliphatic rings. The third-order valence-electron chi connectivity index (χ3n) is 8.23. The van der Waals surface area contributed by atoms with Gasteiger partial charge < -0.3 is 15.2 Å². The SMILES string of the molecule is O=C(Nc1cncc(-c2cc3c(-c4nc5nccc(N6CCCCC6)c5[nH]4)n[nH]c3cc2F)c1)C1CCCCC1. The molecule has 4 aromatic heterocycles. The van der Waals surface area contributed by atoms with Crippen molar-refractivity contribution in [2.24, 2.45) is 5.92 Å². The van der Waals surface area contributed by atoms with Crippen LogP contribution in [0.3, 0.4) is 0 Å². The van der Waals surface area contributed by atoms with Gasteiger partial charge in [-0.25, -0.2) is 14.4 Å². The van der Waals surface area contributed by atoms with E-state index in [1.54, 1.807) is 30.7 Å². The van der Waals surface area contributed by atoms with E-state index >= 15 is 4.39 Å². The Balaban J connectivity index is 1.23. The number of pyridine rings is 2. The maximum atomic E-state index is 15.3. The lowest BCUT2D eigenvalue weighted by atomic mass is 9.88. The van der Waals surface area contributed by atoms with Gasteiger partial charge in [0.25, 0.3) is 0 Å². The summed E-state index contributed by atoms with van der Waals surface area (Å²) in [5.41, 5.74) is 5.27. The van der Waals surface area contributed by atoms with Crippen LogP contribution < -0.4 is 10.2 Å². The van der Waals surface area contributed by atoms with Gasteiger partial charge in [-0.1, -0.05) is 19.3 Å². The number of H-pyrrole nitrogens is 2. The molecule has 7 rings (SSSR count). The number of carbonyl (C=O) groups is 1. The number of rotatable bonds is 5. The van der Waals surface area contributed by atoms with Crippen LogP contribution in [0.15, 0.2) is 42.9 Å². The van der Waals surface area contributed by atoms with Crippen molar-refractivity contribution in [3.63, 3.8) is 0 Å². The van der Waals surface area contributed by atoms with Crippen molar-refractivity contribution >= 4 is 39.3 Å². The number of carbonyl (C=O) groups excluding carboxylic acids is 1. The first-order valence-corrected chi connectivity index (χ1v) is 14.2. The van der Waals surface area contributed by atoms with Crippen LogP contribution in [-0.2, 0) is 4.79 Å². The van der Waals surface area contributed by atoms with Gasteiger partial charge in [-0.2, -0.15) is 5.10 Å². The fraction of sp³-hybridized carbons (Fsp3) is 0.367. The van der Waals surface area contributed by atoms with Gasteiger partial charge in [0.05, 0.1) is 23.1 Å². The van der Waals surface area contributed by atoms with Gasteiger partial charge in [0.15, 0.2) is 11.5 Å². The molecule has 0 radical (unpaired) electrons. The number of amides is 1. The summed E-state index contributed by atoms with van der Waals surface area (Å²) < 4.78 is 15.3. The number of piperidine rings is 1. The topological polar surface area (TPSA) is 115 Å². The first-order chi connectivity index (χ1) is 19.6. The van der Waals surface area contributed by atoms with Crippen LogP contribution in [0.4, 0.5) is 15.8 Å². The summed E-state index contributed by atoms with van der Waals surface area (Å²) in [6.45, 7) is 2.02. The Morgan fingerprint density at radius 3 is 2.70 bits per heavy atom. The molecule has 0 unspecified atom stereocenters. The predicted molar refractivity (Wildman–Crippen MR) is 153 cm³/mol. The molecule has 5 aromatic rings. The number of imidazole rings is 1. The average Bonchev–Trinajstić information content (AvgIpc) is 3.61. The lowest BCUT2D eigenvalue weighted by Crippen LogP contribution is -2.29. The van der Waals surface area contributed by atoms with Gasteiger partial charge in [-0.3, -0.25) is 14.9 Å². The van der Waals surface area contributed by atoms with Crippen molar-refractivity contribution < 1.29 is 9.18 Å². The molecular weight excluding hydrogens is 507 g/mol. The van der Waals surface area contributed by atoms with E-state index in [2.05, 4.69) is 35.4 Å². The van der Waals surface area contributed by atoms with Crippen molar-refractivity contribution in [2.75, 3.05) is 23.3 Å². The van der Waals surface area contributed by atoms with Crippen LogP contribution in [0.2, 0.25) is 0 Å². The second-order valence-electron chi connectivity index (χ2n) is 10.9. The number of aromatic amines is 2. The smallest absolute Gasteiger partial charge is 0.227 e. The van der Waals surface area contributed by atoms with E-state index < -0.39 is 5.82 Å². The minimum atomic E-state index is -0.404. The van der Waals surface area contributed by atoms with Crippen LogP contribution in [0.25, 0.3) is 44.7 Å². The van der Waals surface area contributed by atoms with E-state index in [0.29, 0.717) is 39.5 Å². The molecule has 5 heterocycles. The van der Waals surface area contributed by atoms with E-state index in [-0.39, 0.29) is 11.8 Å². The Hall–Kier alpha value is -4.34. The van der Waals surface area contributed by atoms with Crippen LogP contribution in [-0.4, -0.2) is 49.1 Å². The fourth-order valence-electron chi connectivity index (χ4n) is 6.11. The molecule has 0 spiro atoms. The number of benzene rings is 1. The molecule has 9 nitrogen and oxygen atoms in total. The highest BCUT2D eigenvalue weighted by Gasteiger charge is 2.22. The highest BCUT2D eigenvalue weighted by Crippen LogP contribution is 2.34. The van der Waals surface area contributed by atoms with Crippen molar-refractivity contribution in [3.8, 4) is 22.6 Å². The standard InChI is InChI=1S/C30H31FN8O/c31-23-15-24-22(14-21(23)19-13-20(17-32-16-19)34-30(40)18-7-3-1-4-8-18)26(38-37-24)29-35-27-25(9-10-33-28(27)36-29)39-11-5-2-6-12-39/h9-10,13-18H,1-8,11-12H2,(H,34,40)(H,37,38)(H,33,35,36).